The Kier molecular flexibility index (Phi) is 5.15. The van der Waals surface area contributed by atoms with Crippen molar-refractivity contribution in [2.45, 2.75) is 30.6 Å². The number of hydrogen-bond acceptors (Lipinski definition) is 5. The molecule has 0 spiro atoms. The molecular formula is C22H18ClNO4S. The molecule has 1 saturated carbocycles. The van der Waals surface area contributed by atoms with Crippen LogP contribution in [0.3, 0.4) is 0 Å². The lowest BCUT2D eigenvalue weighted by Crippen LogP contribution is -2.15. The minimum atomic E-state index is -4.14. The van der Waals surface area contributed by atoms with Crippen LogP contribution in [0.5, 0.6) is 5.88 Å². The molecule has 1 aliphatic carbocycles. The molecule has 0 atom stereocenters. The van der Waals surface area contributed by atoms with E-state index in [1.165, 1.54) is 18.2 Å². The van der Waals surface area contributed by atoms with E-state index >= 15 is 0 Å². The van der Waals surface area contributed by atoms with Crippen LogP contribution < -0.4 is 4.18 Å². The number of pyridine rings is 1. The van der Waals surface area contributed by atoms with Gasteiger partial charge in [-0.05, 0) is 56.2 Å². The summed E-state index contributed by atoms with van der Waals surface area (Å²) in [5.41, 5.74) is 2.06. The number of nitrogens with zero attached hydrogens (tertiary/aromatic N) is 1. The highest BCUT2D eigenvalue weighted by Crippen LogP contribution is 2.40. The lowest BCUT2D eigenvalue weighted by Gasteiger charge is -2.12. The highest BCUT2D eigenvalue weighted by atomic mass is 35.5. The maximum atomic E-state index is 13.0. The summed E-state index contributed by atoms with van der Waals surface area (Å²) in [4.78, 5) is 17.4. The predicted molar refractivity (Wildman–Crippen MR) is 110 cm³/mol. The van der Waals surface area contributed by atoms with Gasteiger partial charge in [-0.3, -0.25) is 4.79 Å². The Labute approximate surface area is 174 Å². The van der Waals surface area contributed by atoms with Crippen molar-refractivity contribution in [3.63, 3.8) is 0 Å². The van der Waals surface area contributed by atoms with Crippen LogP contribution in [0.2, 0.25) is 5.02 Å². The van der Waals surface area contributed by atoms with E-state index in [4.69, 9.17) is 15.8 Å². The second-order valence-corrected chi connectivity index (χ2v) is 9.04. The van der Waals surface area contributed by atoms with E-state index in [-0.39, 0.29) is 22.3 Å². The highest BCUT2D eigenvalue weighted by Gasteiger charge is 2.29. The van der Waals surface area contributed by atoms with Crippen molar-refractivity contribution in [1.29, 1.82) is 0 Å². The van der Waals surface area contributed by atoms with Gasteiger partial charge in [0.15, 0.2) is 5.78 Å². The molecule has 0 N–H and O–H groups in total. The molecular weight excluding hydrogens is 410 g/mol. The van der Waals surface area contributed by atoms with Crippen molar-refractivity contribution in [3.05, 3.63) is 88.1 Å². The minimum absolute atomic E-state index is 0.00267. The van der Waals surface area contributed by atoms with E-state index in [2.05, 4.69) is 4.98 Å². The van der Waals surface area contributed by atoms with Gasteiger partial charge in [0, 0.05) is 22.2 Å². The van der Waals surface area contributed by atoms with Gasteiger partial charge in [-0.2, -0.15) is 8.42 Å². The van der Waals surface area contributed by atoms with E-state index in [0.29, 0.717) is 10.6 Å². The van der Waals surface area contributed by atoms with Gasteiger partial charge in [0.25, 0.3) is 0 Å². The summed E-state index contributed by atoms with van der Waals surface area (Å²) in [6, 6.07) is 16.1. The molecule has 1 aliphatic rings. The summed E-state index contributed by atoms with van der Waals surface area (Å²) in [7, 11) is -4.14. The smallest absolute Gasteiger partial charge is 0.340 e. The summed E-state index contributed by atoms with van der Waals surface area (Å²) < 4.78 is 30.9. The zero-order valence-electron chi connectivity index (χ0n) is 15.6. The summed E-state index contributed by atoms with van der Waals surface area (Å²) in [5.74, 6) is -0.342. The van der Waals surface area contributed by atoms with E-state index in [9.17, 15) is 13.2 Å². The van der Waals surface area contributed by atoms with Gasteiger partial charge in [-0.25, -0.2) is 4.98 Å². The molecule has 5 nitrogen and oxygen atoms in total. The average Bonchev–Trinajstić information content (AvgIpc) is 3.53. The SMILES string of the molecule is Cc1ccc(S(=O)(=O)Oc2nc(C3CC3)ccc2C(=O)c2cccc(Cl)c2)cc1. The largest absolute Gasteiger partial charge is 0.357 e. The first-order valence-corrected chi connectivity index (χ1v) is 10.9. The first-order valence-electron chi connectivity index (χ1n) is 9.16. The molecule has 3 aromatic rings. The Morgan fingerprint density at radius 2 is 1.79 bits per heavy atom. The second kappa shape index (κ2) is 7.61. The highest BCUT2D eigenvalue weighted by molar-refractivity contribution is 7.87. The van der Waals surface area contributed by atoms with Gasteiger partial charge < -0.3 is 4.18 Å². The Hall–Kier alpha value is -2.70. The van der Waals surface area contributed by atoms with Gasteiger partial charge in [-0.1, -0.05) is 41.4 Å². The van der Waals surface area contributed by atoms with Crippen LogP contribution in [0, 0.1) is 6.92 Å². The van der Waals surface area contributed by atoms with Gasteiger partial charge in [0.1, 0.15) is 4.90 Å². The molecule has 0 amide bonds. The first kappa shape index (κ1) is 19.6. The van der Waals surface area contributed by atoms with Crippen LogP contribution in [0.15, 0.2) is 65.6 Å². The first-order chi connectivity index (χ1) is 13.8. The number of carbonyl (C=O) groups is 1. The Balaban J connectivity index is 1.75. The molecule has 1 heterocycles. The number of halogens is 1. The van der Waals surface area contributed by atoms with Gasteiger partial charge in [0.05, 0.1) is 5.56 Å². The molecule has 0 aliphatic heterocycles. The van der Waals surface area contributed by atoms with Crippen molar-refractivity contribution >= 4 is 27.5 Å². The molecule has 29 heavy (non-hydrogen) atoms. The molecule has 0 saturated heterocycles. The second-order valence-electron chi connectivity index (χ2n) is 7.05. The number of ketones is 1. The molecule has 0 radical (unpaired) electrons. The van der Waals surface area contributed by atoms with E-state index in [1.807, 2.05) is 6.92 Å². The number of hydrogen-bond donors (Lipinski definition) is 0. The Bertz CT molecular complexity index is 1190. The fourth-order valence-electron chi connectivity index (χ4n) is 2.94. The maximum Gasteiger partial charge on any atom is 0.340 e. The third-order valence-corrected chi connectivity index (χ3v) is 6.17. The summed E-state index contributed by atoms with van der Waals surface area (Å²) in [6.45, 7) is 1.86. The molecule has 1 aromatic heterocycles. The molecule has 1 fully saturated rings. The number of benzene rings is 2. The van der Waals surface area contributed by atoms with Crippen LogP contribution >= 0.6 is 11.6 Å². The molecule has 7 heteroatoms. The molecule has 2 aromatic carbocycles. The van der Waals surface area contributed by atoms with Gasteiger partial charge in [0.2, 0.25) is 5.88 Å². The summed E-state index contributed by atoms with van der Waals surface area (Å²) >= 11 is 6.00. The summed E-state index contributed by atoms with van der Waals surface area (Å²) in [6.07, 6.45) is 1.97. The third kappa shape index (κ3) is 4.33. The maximum absolute atomic E-state index is 13.0. The zero-order chi connectivity index (χ0) is 20.6. The van der Waals surface area contributed by atoms with Crippen LogP contribution in [-0.4, -0.2) is 19.2 Å². The Morgan fingerprint density at radius 1 is 1.07 bits per heavy atom. The van der Waals surface area contributed by atoms with Crippen molar-refractivity contribution < 1.29 is 17.4 Å². The molecule has 0 unspecified atom stereocenters. The lowest BCUT2D eigenvalue weighted by molar-refractivity contribution is 0.103. The van der Waals surface area contributed by atoms with E-state index in [1.54, 1.807) is 42.5 Å². The monoisotopic (exact) mass is 427 g/mol. The molecule has 148 valence electrons. The van der Waals surface area contributed by atoms with Crippen molar-refractivity contribution in [1.82, 2.24) is 4.98 Å². The lowest BCUT2D eigenvalue weighted by atomic mass is 10.0. The topological polar surface area (TPSA) is 73.3 Å². The summed E-state index contributed by atoms with van der Waals surface area (Å²) in [5, 5.41) is 0.410. The predicted octanol–water partition coefficient (Wildman–Crippen LogP) is 4.92. The van der Waals surface area contributed by atoms with E-state index in [0.717, 1.165) is 24.1 Å². The van der Waals surface area contributed by atoms with Crippen LogP contribution in [0.4, 0.5) is 0 Å². The third-order valence-electron chi connectivity index (χ3n) is 4.71. The molecule has 0 bridgehead atoms. The number of aryl methyl sites for hydroxylation is 1. The van der Waals surface area contributed by atoms with Crippen molar-refractivity contribution in [3.8, 4) is 5.88 Å². The van der Waals surface area contributed by atoms with Crippen LogP contribution in [0.1, 0.15) is 45.9 Å². The average molecular weight is 428 g/mol. The van der Waals surface area contributed by atoms with Gasteiger partial charge in [-0.15, -0.1) is 0 Å². The number of carbonyl (C=O) groups excluding carboxylic acids is 1. The minimum Gasteiger partial charge on any atom is -0.357 e. The van der Waals surface area contributed by atoms with Crippen LogP contribution in [-0.2, 0) is 10.1 Å². The quantitative estimate of drug-likeness (QED) is 0.412. The standard InChI is InChI=1S/C22H18ClNO4S/c1-14-5-9-18(10-6-14)29(26,27)28-22-19(11-12-20(24-22)15-7-8-15)21(25)16-3-2-4-17(23)13-16/h2-6,9-13,15H,7-8H2,1H3. The van der Waals surface area contributed by atoms with Crippen molar-refractivity contribution in [2.75, 3.05) is 0 Å². The van der Waals surface area contributed by atoms with Gasteiger partial charge >= 0.3 is 10.1 Å². The Morgan fingerprint density at radius 3 is 2.45 bits per heavy atom. The van der Waals surface area contributed by atoms with Crippen LogP contribution in [0.25, 0.3) is 0 Å². The van der Waals surface area contributed by atoms with E-state index < -0.39 is 15.9 Å². The number of aromatic nitrogens is 1. The molecule has 4 rings (SSSR count). The zero-order valence-corrected chi connectivity index (χ0v) is 17.2. The normalized spacial score (nSPS) is 13.9. The van der Waals surface area contributed by atoms with Crippen molar-refractivity contribution in [2.24, 2.45) is 0 Å². The fourth-order valence-corrected chi connectivity index (χ4v) is 4.03. The number of rotatable bonds is 6. The fraction of sp³-hybridized carbons (Fsp3) is 0.182.